The van der Waals surface area contributed by atoms with Crippen molar-refractivity contribution in [3.05, 3.63) is 40.6 Å². The lowest BCUT2D eigenvalue weighted by Crippen LogP contribution is -2.41. The van der Waals surface area contributed by atoms with Crippen molar-refractivity contribution in [2.45, 2.75) is 44.2 Å². The lowest BCUT2D eigenvalue weighted by Gasteiger charge is -2.27. The number of imidazole rings is 1. The zero-order valence-corrected chi connectivity index (χ0v) is 14.0. The van der Waals surface area contributed by atoms with Gasteiger partial charge in [-0.2, -0.15) is 0 Å². The Morgan fingerprint density at radius 2 is 2.26 bits per heavy atom. The lowest BCUT2D eigenvalue weighted by atomic mass is 9.99. The molecule has 2 unspecified atom stereocenters. The number of rotatable bonds is 3. The molecular weight excluding hydrogens is 308 g/mol. The molecule has 0 aromatic carbocycles. The third-order valence-corrected chi connectivity index (χ3v) is 5.92. The summed E-state index contributed by atoms with van der Waals surface area (Å²) in [5.41, 5.74) is 0. The maximum absolute atomic E-state index is 12.6. The van der Waals surface area contributed by atoms with E-state index in [9.17, 15) is 4.79 Å². The Morgan fingerprint density at radius 1 is 1.35 bits per heavy atom. The van der Waals surface area contributed by atoms with Crippen LogP contribution in [0.1, 0.15) is 48.3 Å². The van der Waals surface area contributed by atoms with E-state index in [4.69, 9.17) is 0 Å². The van der Waals surface area contributed by atoms with E-state index in [1.807, 2.05) is 17.3 Å². The quantitative estimate of drug-likeness (QED) is 0.938. The predicted octanol–water partition coefficient (Wildman–Crippen LogP) is 3.37. The van der Waals surface area contributed by atoms with E-state index in [0.717, 1.165) is 44.6 Å². The van der Waals surface area contributed by atoms with E-state index in [1.54, 1.807) is 11.3 Å². The van der Waals surface area contributed by atoms with Crippen molar-refractivity contribution in [3.63, 3.8) is 0 Å². The Morgan fingerprint density at radius 3 is 3.13 bits per heavy atom. The van der Waals surface area contributed by atoms with Crippen molar-refractivity contribution in [1.29, 1.82) is 0 Å². The maximum Gasteiger partial charge on any atom is 0.317 e. The van der Waals surface area contributed by atoms with Crippen LogP contribution in [0.5, 0.6) is 0 Å². The highest BCUT2D eigenvalue weighted by Crippen LogP contribution is 2.34. The average molecular weight is 330 g/mol. The fourth-order valence-electron chi connectivity index (χ4n) is 3.80. The van der Waals surface area contributed by atoms with E-state index >= 15 is 0 Å². The summed E-state index contributed by atoms with van der Waals surface area (Å²) in [5, 5.41) is 5.24. The van der Waals surface area contributed by atoms with E-state index in [1.165, 1.54) is 4.88 Å². The van der Waals surface area contributed by atoms with Gasteiger partial charge in [0.1, 0.15) is 5.82 Å². The van der Waals surface area contributed by atoms with Crippen molar-refractivity contribution in [1.82, 2.24) is 19.8 Å². The number of hydrogen-bond donors (Lipinski definition) is 1. The standard InChI is InChI=1S/C17H22N4OS/c22-17(21-9-2-5-14(21)15-6-3-11-23-15)19-12-13-4-1-8-20-10-7-18-16(13)20/h3,6-7,10-11,13-14H,1-2,4-5,8-9,12H2,(H,19,22). The molecule has 5 nitrogen and oxygen atoms in total. The van der Waals surface area contributed by atoms with E-state index in [2.05, 4.69) is 32.4 Å². The summed E-state index contributed by atoms with van der Waals surface area (Å²) < 4.78 is 2.21. The van der Waals surface area contributed by atoms with Crippen LogP contribution < -0.4 is 5.32 Å². The molecular formula is C17H22N4OS. The fourth-order valence-corrected chi connectivity index (χ4v) is 4.67. The van der Waals surface area contributed by atoms with Crippen LogP contribution in [0, 0.1) is 0 Å². The number of nitrogens with one attached hydrogen (secondary N) is 1. The summed E-state index contributed by atoms with van der Waals surface area (Å²) in [6.07, 6.45) is 8.32. The number of likely N-dealkylation sites (tertiary alicyclic amines) is 1. The minimum Gasteiger partial charge on any atom is -0.337 e. The van der Waals surface area contributed by atoms with E-state index in [-0.39, 0.29) is 12.1 Å². The van der Waals surface area contributed by atoms with Crippen molar-refractivity contribution >= 4 is 17.4 Å². The highest BCUT2D eigenvalue weighted by Gasteiger charge is 2.31. The molecule has 2 aliphatic heterocycles. The second-order valence-corrected chi connectivity index (χ2v) is 7.35. The molecule has 1 N–H and O–H groups in total. The minimum atomic E-state index is 0.0737. The topological polar surface area (TPSA) is 50.2 Å². The zero-order valence-electron chi connectivity index (χ0n) is 13.1. The Bertz CT molecular complexity index is 666. The number of aromatic nitrogens is 2. The largest absolute Gasteiger partial charge is 0.337 e. The number of hydrogen-bond acceptors (Lipinski definition) is 3. The molecule has 2 aliphatic rings. The van der Waals surface area contributed by atoms with Crippen molar-refractivity contribution in [2.24, 2.45) is 0 Å². The third-order valence-electron chi connectivity index (χ3n) is 4.95. The average Bonchev–Trinajstić information content (AvgIpc) is 3.32. The van der Waals surface area contributed by atoms with Crippen LogP contribution in [0.3, 0.4) is 0 Å². The van der Waals surface area contributed by atoms with Crippen LogP contribution in [-0.2, 0) is 6.54 Å². The molecule has 23 heavy (non-hydrogen) atoms. The van der Waals surface area contributed by atoms with Crippen molar-refractivity contribution in [3.8, 4) is 0 Å². The summed E-state index contributed by atoms with van der Waals surface area (Å²) in [6, 6.07) is 4.53. The van der Waals surface area contributed by atoms with Crippen LogP contribution >= 0.6 is 11.3 Å². The number of amides is 2. The molecule has 4 heterocycles. The monoisotopic (exact) mass is 330 g/mol. The minimum absolute atomic E-state index is 0.0737. The molecule has 2 atom stereocenters. The first-order valence-corrected chi connectivity index (χ1v) is 9.30. The number of fused-ring (bicyclic) bond motifs is 1. The number of nitrogens with zero attached hydrogens (tertiary/aromatic N) is 3. The van der Waals surface area contributed by atoms with Gasteiger partial charge in [0.2, 0.25) is 0 Å². The van der Waals surface area contributed by atoms with Crippen molar-refractivity contribution in [2.75, 3.05) is 13.1 Å². The van der Waals surface area contributed by atoms with Crippen LogP contribution in [0.4, 0.5) is 4.79 Å². The van der Waals surface area contributed by atoms with Gasteiger partial charge in [0.15, 0.2) is 0 Å². The first-order chi connectivity index (χ1) is 11.3. The van der Waals surface area contributed by atoms with E-state index in [0.29, 0.717) is 12.5 Å². The van der Waals surface area contributed by atoms with E-state index < -0.39 is 0 Å². The second-order valence-electron chi connectivity index (χ2n) is 6.37. The molecule has 4 rings (SSSR count). The molecule has 2 aromatic heterocycles. The van der Waals surface area contributed by atoms with Crippen LogP contribution in [0.15, 0.2) is 29.9 Å². The molecule has 2 amide bonds. The fraction of sp³-hybridized carbons (Fsp3) is 0.529. The van der Waals surface area contributed by atoms with Gasteiger partial charge in [-0.3, -0.25) is 0 Å². The third kappa shape index (κ3) is 2.87. The van der Waals surface area contributed by atoms with Gasteiger partial charge in [-0.25, -0.2) is 9.78 Å². The summed E-state index contributed by atoms with van der Waals surface area (Å²) in [7, 11) is 0. The molecule has 1 fully saturated rings. The number of urea groups is 1. The van der Waals surface area contributed by atoms with Crippen LogP contribution in [0.25, 0.3) is 0 Å². The van der Waals surface area contributed by atoms with Crippen molar-refractivity contribution < 1.29 is 4.79 Å². The highest BCUT2D eigenvalue weighted by molar-refractivity contribution is 7.10. The SMILES string of the molecule is O=C(NCC1CCCn2ccnc21)N1CCCC1c1cccs1. The van der Waals surface area contributed by atoms with Crippen LogP contribution in [-0.4, -0.2) is 33.6 Å². The van der Waals surface area contributed by atoms with Gasteiger partial charge in [-0.15, -0.1) is 11.3 Å². The molecule has 0 bridgehead atoms. The zero-order chi connectivity index (χ0) is 15.6. The lowest BCUT2D eigenvalue weighted by molar-refractivity contribution is 0.192. The van der Waals surface area contributed by atoms with Gasteiger partial charge in [-0.1, -0.05) is 6.07 Å². The Labute approximate surface area is 140 Å². The normalized spacial score (nSPS) is 23.7. The molecule has 1 saturated heterocycles. The molecule has 0 aliphatic carbocycles. The van der Waals surface area contributed by atoms with Gasteiger partial charge < -0.3 is 14.8 Å². The van der Waals surface area contributed by atoms with Gasteiger partial charge in [0, 0.05) is 42.8 Å². The number of thiophene rings is 1. The van der Waals surface area contributed by atoms with Gasteiger partial charge in [0.25, 0.3) is 0 Å². The van der Waals surface area contributed by atoms with Gasteiger partial charge in [0.05, 0.1) is 6.04 Å². The summed E-state index contributed by atoms with van der Waals surface area (Å²) in [6.45, 7) is 2.59. The number of aryl methyl sites for hydroxylation is 1. The Balaban J connectivity index is 1.39. The van der Waals surface area contributed by atoms with Crippen LogP contribution in [0.2, 0.25) is 0 Å². The first kappa shape index (κ1) is 14.8. The maximum atomic E-state index is 12.6. The second kappa shape index (κ2) is 6.35. The smallest absolute Gasteiger partial charge is 0.317 e. The molecule has 0 saturated carbocycles. The molecule has 0 radical (unpaired) electrons. The molecule has 6 heteroatoms. The van der Waals surface area contributed by atoms with Gasteiger partial charge >= 0.3 is 6.03 Å². The first-order valence-electron chi connectivity index (χ1n) is 8.42. The van der Waals surface area contributed by atoms with Gasteiger partial charge in [-0.05, 0) is 37.1 Å². The predicted molar refractivity (Wildman–Crippen MR) is 90.6 cm³/mol. The number of carbonyl (C=O) groups excluding carboxylic acids is 1. The Kier molecular flexibility index (Phi) is 4.08. The highest BCUT2D eigenvalue weighted by atomic mass is 32.1. The summed E-state index contributed by atoms with van der Waals surface area (Å²) >= 11 is 1.74. The number of carbonyl (C=O) groups is 1. The summed E-state index contributed by atoms with van der Waals surface area (Å²) in [5.74, 6) is 1.46. The molecule has 0 spiro atoms. The molecule has 2 aromatic rings. The Hall–Kier alpha value is -1.82. The summed E-state index contributed by atoms with van der Waals surface area (Å²) in [4.78, 5) is 20.4. The molecule has 122 valence electrons.